The van der Waals surface area contributed by atoms with Crippen LogP contribution in [0.3, 0.4) is 0 Å². The van der Waals surface area contributed by atoms with Gasteiger partial charge in [0, 0.05) is 17.9 Å². The average molecular weight is 471 g/mol. The molecular weight excluding hydrogens is 448 g/mol. The average Bonchev–Trinajstić information content (AvgIpc) is 3.35. The monoisotopic (exact) mass is 470 g/mol. The summed E-state index contributed by atoms with van der Waals surface area (Å²) in [6.07, 6.45) is 2.30. The van der Waals surface area contributed by atoms with Gasteiger partial charge in [-0.3, -0.25) is 0 Å². The second-order valence-corrected chi connectivity index (χ2v) is 8.93. The van der Waals surface area contributed by atoms with Crippen molar-refractivity contribution in [1.82, 2.24) is 19.6 Å². The first-order valence-electron chi connectivity index (χ1n) is 11.9. The molecule has 0 saturated carbocycles. The van der Waals surface area contributed by atoms with Crippen LogP contribution in [-0.2, 0) is 6.42 Å². The SMILES string of the molecule is COc1ccc(Cc2nc3c4c(ncn3n2)Oc2ccc3ccccc3c2C4c2ccccc2)cc1. The van der Waals surface area contributed by atoms with Crippen molar-refractivity contribution in [1.29, 1.82) is 0 Å². The van der Waals surface area contributed by atoms with Crippen molar-refractivity contribution in [2.75, 3.05) is 7.11 Å². The molecule has 1 unspecified atom stereocenters. The Morgan fingerprint density at radius 1 is 0.861 bits per heavy atom. The second-order valence-electron chi connectivity index (χ2n) is 8.93. The first kappa shape index (κ1) is 20.6. The minimum Gasteiger partial charge on any atom is -0.497 e. The van der Waals surface area contributed by atoms with Crippen molar-refractivity contribution in [3.8, 4) is 17.4 Å². The smallest absolute Gasteiger partial charge is 0.228 e. The van der Waals surface area contributed by atoms with Crippen molar-refractivity contribution in [2.45, 2.75) is 12.3 Å². The van der Waals surface area contributed by atoms with Gasteiger partial charge in [0.1, 0.15) is 17.8 Å². The quantitative estimate of drug-likeness (QED) is 0.308. The molecule has 6 heteroatoms. The van der Waals surface area contributed by atoms with E-state index in [4.69, 9.17) is 19.6 Å². The molecule has 0 fully saturated rings. The molecular formula is C30H22N4O2. The molecule has 1 aliphatic rings. The van der Waals surface area contributed by atoms with Crippen molar-refractivity contribution < 1.29 is 9.47 Å². The van der Waals surface area contributed by atoms with Crippen LogP contribution in [0.25, 0.3) is 16.4 Å². The summed E-state index contributed by atoms with van der Waals surface area (Å²) < 4.78 is 13.4. The fourth-order valence-electron chi connectivity index (χ4n) is 5.13. The zero-order valence-electron chi connectivity index (χ0n) is 19.6. The third-order valence-electron chi connectivity index (χ3n) is 6.80. The highest BCUT2D eigenvalue weighted by Crippen LogP contribution is 2.50. The van der Waals surface area contributed by atoms with Crippen LogP contribution in [0.2, 0.25) is 0 Å². The molecule has 6 aromatic rings. The highest BCUT2D eigenvalue weighted by molar-refractivity contribution is 5.90. The van der Waals surface area contributed by atoms with Crippen LogP contribution in [0.15, 0.2) is 97.3 Å². The number of hydrogen-bond acceptors (Lipinski definition) is 5. The van der Waals surface area contributed by atoms with E-state index in [0.29, 0.717) is 12.3 Å². The number of rotatable bonds is 4. The van der Waals surface area contributed by atoms with Gasteiger partial charge in [-0.1, -0.05) is 72.8 Å². The van der Waals surface area contributed by atoms with Crippen LogP contribution in [0.5, 0.6) is 17.4 Å². The van der Waals surface area contributed by atoms with E-state index < -0.39 is 0 Å². The lowest BCUT2D eigenvalue weighted by atomic mass is 9.81. The number of aromatic nitrogens is 4. The van der Waals surface area contributed by atoms with Gasteiger partial charge in [-0.05, 0) is 40.1 Å². The summed E-state index contributed by atoms with van der Waals surface area (Å²) >= 11 is 0. The molecule has 0 amide bonds. The van der Waals surface area contributed by atoms with Gasteiger partial charge in [-0.2, -0.15) is 0 Å². The number of nitrogens with zero attached hydrogens (tertiary/aromatic N) is 4. The number of methoxy groups -OCH3 is 1. The molecule has 0 radical (unpaired) electrons. The highest BCUT2D eigenvalue weighted by Gasteiger charge is 2.34. The Hall–Kier alpha value is -4.71. The standard InChI is InChI=1S/C30H22N4O2/c1-35-22-14-11-19(12-15-22)17-25-32-29-28-26(21-8-3-2-4-9-21)27-23-10-6-5-7-20(23)13-16-24(27)36-30(28)31-18-34(29)33-25/h2-16,18,26H,17H2,1H3. The molecule has 1 aliphatic heterocycles. The normalized spacial score (nSPS) is 14.3. The van der Waals surface area contributed by atoms with E-state index in [1.807, 2.05) is 36.4 Å². The zero-order chi connectivity index (χ0) is 24.1. The molecule has 0 spiro atoms. The lowest BCUT2D eigenvalue weighted by Gasteiger charge is -2.29. The molecule has 0 bridgehead atoms. The topological polar surface area (TPSA) is 61.5 Å². The van der Waals surface area contributed by atoms with Gasteiger partial charge in [-0.15, -0.1) is 5.10 Å². The lowest BCUT2D eigenvalue weighted by molar-refractivity contribution is 0.414. The fraction of sp³-hybridized carbons (Fsp3) is 0.100. The van der Waals surface area contributed by atoms with E-state index >= 15 is 0 Å². The van der Waals surface area contributed by atoms with Crippen molar-refractivity contribution in [3.05, 3.63) is 125 Å². The minimum atomic E-state index is -0.0923. The largest absolute Gasteiger partial charge is 0.497 e. The lowest BCUT2D eigenvalue weighted by Crippen LogP contribution is -2.15. The third-order valence-corrected chi connectivity index (χ3v) is 6.80. The summed E-state index contributed by atoms with van der Waals surface area (Å²) in [5.74, 6) is 2.86. The second kappa shape index (κ2) is 8.20. The van der Waals surface area contributed by atoms with Gasteiger partial charge in [0.25, 0.3) is 0 Å². The molecule has 36 heavy (non-hydrogen) atoms. The first-order chi connectivity index (χ1) is 17.8. The fourth-order valence-corrected chi connectivity index (χ4v) is 5.13. The molecule has 0 N–H and O–H groups in total. The zero-order valence-corrected chi connectivity index (χ0v) is 19.6. The van der Waals surface area contributed by atoms with E-state index in [2.05, 4.69) is 59.6 Å². The summed E-state index contributed by atoms with van der Waals surface area (Å²) in [4.78, 5) is 9.66. The van der Waals surface area contributed by atoms with Crippen molar-refractivity contribution in [3.63, 3.8) is 0 Å². The van der Waals surface area contributed by atoms with E-state index in [1.165, 1.54) is 5.39 Å². The maximum absolute atomic E-state index is 6.39. The van der Waals surface area contributed by atoms with Gasteiger partial charge in [0.15, 0.2) is 11.5 Å². The molecule has 174 valence electrons. The maximum atomic E-state index is 6.39. The molecule has 3 heterocycles. The Morgan fingerprint density at radius 2 is 1.67 bits per heavy atom. The number of ether oxygens (including phenoxy) is 2. The number of fused-ring (bicyclic) bond motifs is 6. The van der Waals surface area contributed by atoms with Crippen LogP contribution in [0, 0.1) is 0 Å². The van der Waals surface area contributed by atoms with E-state index in [0.717, 1.165) is 50.6 Å². The molecule has 4 aromatic carbocycles. The Balaban J connectivity index is 1.43. The predicted molar refractivity (Wildman–Crippen MR) is 138 cm³/mol. The van der Waals surface area contributed by atoms with Crippen LogP contribution in [0.1, 0.15) is 34.0 Å². The Bertz CT molecular complexity index is 1730. The van der Waals surface area contributed by atoms with Gasteiger partial charge in [-0.25, -0.2) is 14.5 Å². The summed E-state index contributed by atoms with van der Waals surface area (Å²) in [6.45, 7) is 0. The van der Waals surface area contributed by atoms with E-state index in [-0.39, 0.29) is 5.92 Å². The van der Waals surface area contributed by atoms with Crippen molar-refractivity contribution >= 4 is 16.4 Å². The summed E-state index contributed by atoms with van der Waals surface area (Å²) in [7, 11) is 1.67. The maximum Gasteiger partial charge on any atom is 0.228 e. The van der Waals surface area contributed by atoms with Crippen molar-refractivity contribution in [2.24, 2.45) is 0 Å². The third kappa shape index (κ3) is 3.30. The Labute approximate surface area is 207 Å². The summed E-state index contributed by atoms with van der Waals surface area (Å²) in [5, 5.41) is 7.09. The van der Waals surface area contributed by atoms with Crippen LogP contribution in [-0.4, -0.2) is 26.7 Å². The molecule has 0 saturated heterocycles. The predicted octanol–water partition coefficient (Wildman–Crippen LogP) is 6.16. The Kier molecular flexibility index (Phi) is 4.70. The number of benzene rings is 4. The molecule has 2 aromatic heterocycles. The van der Waals surface area contributed by atoms with Crippen LogP contribution in [0.4, 0.5) is 0 Å². The van der Waals surface area contributed by atoms with Gasteiger partial charge in [0.05, 0.1) is 12.7 Å². The Morgan fingerprint density at radius 3 is 2.50 bits per heavy atom. The molecule has 0 aliphatic carbocycles. The van der Waals surface area contributed by atoms with Gasteiger partial charge in [0.2, 0.25) is 5.88 Å². The summed E-state index contributed by atoms with van der Waals surface area (Å²) in [6, 6.07) is 31.1. The molecule has 7 rings (SSSR count). The van der Waals surface area contributed by atoms with Gasteiger partial charge >= 0.3 is 0 Å². The van der Waals surface area contributed by atoms with Crippen LogP contribution < -0.4 is 9.47 Å². The van der Waals surface area contributed by atoms with Gasteiger partial charge < -0.3 is 9.47 Å². The van der Waals surface area contributed by atoms with E-state index in [1.54, 1.807) is 18.0 Å². The molecule has 6 nitrogen and oxygen atoms in total. The number of hydrogen-bond donors (Lipinski definition) is 0. The van der Waals surface area contributed by atoms with E-state index in [9.17, 15) is 0 Å². The highest BCUT2D eigenvalue weighted by atomic mass is 16.5. The minimum absolute atomic E-state index is 0.0923. The van der Waals surface area contributed by atoms with Crippen LogP contribution >= 0.6 is 0 Å². The summed E-state index contributed by atoms with van der Waals surface area (Å²) in [5.41, 5.74) is 5.09. The molecule has 1 atom stereocenters. The first-order valence-corrected chi connectivity index (χ1v) is 11.9.